The summed E-state index contributed by atoms with van der Waals surface area (Å²) in [5.41, 5.74) is 1.64. The lowest BCUT2D eigenvalue weighted by molar-refractivity contribution is 0.266. The Balaban J connectivity index is 2.81. The fourth-order valence-corrected chi connectivity index (χ4v) is 2.19. The predicted octanol–water partition coefficient (Wildman–Crippen LogP) is 3.18. The highest BCUT2D eigenvalue weighted by Crippen LogP contribution is 2.12. The van der Waals surface area contributed by atoms with Gasteiger partial charge in [-0.1, -0.05) is 25.7 Å². The number of aliphatic hydroxyl groups is 1. The third-order valence-corrected chi connectivity index (χ3v) is 2.91. The molecule has 0 unspecified atom stereocenters. The van der Waals surface area contributed by atoms with Gasteiger partial charge in [0.1, 0.15) is 5.82 Å². The van der Waals surface area contributed by atoms with Crippen molar-refractivity contribution in [3.63, 3.8) is 0 Å². The fourth-order valence-electron chi connectivity index (χ4n) is 2.19. The van der Waals surface area contributed by atoms with Gasteiger partial charge in [0.2, 0.25) is 0 Å². The van der Waals surface area contributed by atoms with Crippen LogP contribution < -0.4 is 0 Å². The van der Waals surface area contributed by atoms with Crippen LogP contribution in [0, 0.1) is 17.7 Å². The Morgan fingerprint density at radius 2 is 1.85 bits per heavy atom. The average molecular weight is 277 g/mol. The van der Waals surface area contributed by atoms with E-state index in [9.17, 15) is 4.39 Å². The quantitative estimate of drug-likeness (QED) is 0.774. The van der Waals surface area contributed by atoms with E-state index in [0.29, 0.717) is 12.0 Å². The second-order valence-corrected chi connectivity index (χ2v) is 4.90. The highest BCUT2D eigenvalue weighted by atomic mass is 19.1. The number of rotatable bonds is 7. The molecule has 2 nitrogen and oxygen atoms in total. The van der Waals surface area contributed by atoms with Crippen LogP contribution in [0.25, 0.3) is 0 Å². The van der Waals surface area contributed by atoms with Crippen LogP contribution >= 0.6 is 0 Å². The van der Waals surface area contributed by atoms with Gasteiger partial charge in [-0.25, -0.2) is 4.39 Å². The lowest BCUT2D eigenvalue weighted by Crippen LogP contribution is -2.25. The Hall–Kier alpha value is -1.37. The zero-order valence-electron chi connectivity index (χ0n) is 12.5. The van der Waals surface area contributed by atoms with Crippen LogP contribution in [0.2, 0.25) is 0 Å². The van der Waals surface area contributed by atoms with Gasteiger partial charge >= 0.3 is 0 Å². The van der Waals surface area contributed by atoms with Crippen molar-refractivity contribution >= 4 is 0 Å². The summed E-state index contributed by atoms with van der Waals surface area (Å²) < 4.78 is 13.6. The molecule has 0 radical (unpaired) electrons. The molecule has 0 amide bonds. The molecule has 0 bridgehead atoms. The van der Waals surface area contributed by atoms with Crippen LogP contribution in [0.1, 0.15) is 44.2 Å². The molecule has 0 aliphatic heterocycles. The van der Waals surface area contributed by atoms with Gasteiger partial charge < -0.3 is 5.11 Å². The molecule has 0 saturated heterocycles. The van der Waals surface area contributed by atoms with Crippen molar-refractivity contribution in [2.75, 3.05) is 19.7 Å². The number of nitrogens with zero attached hydrogens (tertiary/aromatic N) is 1. The molecule has 1 rings (SSSR count). The van der Waals surface area contributed by atoms with Gasteiger partial charge in [0.25, 0.3) is 0 Å². The largest absolute Gasteiger partial charge is 0.395 e. The minimum atomic E-state index is -0.247. The first-order valence-corrected chi connectivity index (χ1v) is 7.31. The van der Waals surface area contributed by atoms with E-state index < -0.39 is 0 Å². The molecule has 0 atom stereocenters. The van der Waals surface area contributed by atoms with E-state index in [0.717, 1.165) is 38.0 Å². The number of benzene rings is 1. The van der Waals surface area contributed by atoms with Gasteiger partial charge in [-0.05, 0) is 49.7 Å². The van der Waals surface area contributed by atoms with Crippen LogP contribution in [0.5, 0.6) is 0 Å². The SMILES string of the molecule is CCCN(CCC)Cc1cc(F)cc(C#CCCO)c1. The summed E-state index contributed by atoms with van der Waals surface area (Å²) in [5, 5.41) is 8.71. The lowest BCUT2D eigenvalue weighted by Gasteiger charge is -2.21. The molecule has 1 aromatic rings. The van der Waals surface area contributed by atoms with Gasteiger partial charge in [0.15, 0.2) is 0 Å². The maximum Gasteiger partial charge on any atom is 0.124 e. The first-order valence-electron chi connectivity index (χ1n) is 7.31. The molecule has 110 valence electrons. The summed E-state index contributed by atoms with van der Waals surface area (Å²) >= 11 is 0. The van der Waals surface area contributed by atoms with Crippen molar-refractivity contribution in [3.8, 4) is 11.8 Å². The molecular formula is C17H24FNO. The molecule has 1 aromatic carbocycles. The maximum atomic E-state index is 13.6. The zero-order valence-corrected chi connectivity index (χ0v) is 12.5. The van der Waals surface area contributed by atoms with Crippen molar-refractivity contribution in [3.05, 3.63) is 35.1 Å². The molecular weight excluding hydrogens is 253 g/mol. The minimum Gasteiger partial charge on any atom is -0.395 e. The molecule has 20 heavy (non-hydrogen) atoms. The minimum absolute atomic E-state index is 0.0376. The lowest BCUT2D eigenvalue weighted by atomic mass is 10.1. The van der Waals surface area contributed by atoms with E-state index in [2.05, 4.69) is 30.6 Å². The summed E-state index contributed by atoms with van der Waals surface area (Å²) in [7, 11) is 0. The summed E-state index contributed by atoms with van der Waals surface area (Å²) in [4.78, 5) is 2.33. The Morgan fingerprint density at radius 3 is 2.45 bits per heavy atom. The smallest absolute Gasteiger partial charge is 0.124 e. The number of aliphatic hydroxyl groups excluding tert-OH is 1. The predicted molar refractivity (Wildman–Crippen MR) is 80.8 cm³/mol. The first-order chi connectivity index (χ1) is 9.69. The molecule has 0 saturated carbocycles. The molecule has 0 aliphatic rings. The molecule has 0 aromatic heterocycles. The van der Waals surface area contributed by atoms with Crippen LogP contribution in [0.15, 0.2) is 18.2 Å². The molecule has 0 heterocycles. The monoisotopic (exact) mass is 277 g/mol. The van der Waals surface area contributed by atoms with Gasteiger partial charge in [-0.3, -0.25) is 4.90 Å². The Labute approximate surface area is 121 Å². The molecule has 3 heteroatoms. The molecule has 1 N–H and O–H groups in total. The van der Waals surface area contributed by atoms with E-state index in [4.69, 9.17) is 5.11 Å². The van der Waals surface area contributed by atoms with Crippen LogP contribution in [-0.2, 0) is 6.54 Å². The Bertz CT molecular complexity index is 456. The zero-order chi connectivity index (χ0) is 14.8. The standard InChI is InChI=1S/C17H24FNO/c1-3-8-19(9-4-2)14-16-11-15(7-5-6-10-20)12-17(18)13-16/h11-13,20H,3-4,6,8-10,14H2,1-2H3. The molecule has 0 spiro atoms. The van der Waals surface area contributed by atoms with Gasteiger partial charge in [0.05, 0.1) is 6.61 Å². The fraction of sp³-hybridized carbons (Fsp3) is 0.529. The van der Waals surface area contributed by atoms with E-state index in [-0.39, 0.29) is 12.4 Å². The molecule has 0 fully saturated rings. The van der Waals surface area contributed by atoms with Crippen molar-refractivity contribution in [2.24, 2.45) is 0 Å². The maximum absolute atomic E-state index is 13.6. The van der Waals surface area contributed by atoms with Gasteiger partial charge in [-0.2, -0.15) is 0 Å². The van der Waals surface area contributed by atoms with E-state index in [1.54, 1.807) is 6.07 Å². The number of hydrogen-bond acceptors (Lipinski definition) is 2. The van der Waals surface area contributed by atoms with E-state index in [1.165, 1.54) is 6.07 Å². The Kier molecular flexibility index (Phi) is 7.94. The van der Waals surface area contributed by atoms with Crippen LogP contribution in [0.3, 0.4) is 0 Å². The third kappa shape index (κ3) is 6.18. The van der Waals surface area contributed by atoms with Crippen molar-refractivity contribution < 1.29 is 9.50 Å². The second-order valence-electron chi connectivity index (χ2n) is 4.90. The first kappa shape index (κ1) is 16.7. The summed E-state index contributed by atoms with van der Waals surface area (Å²) in [5.74, 6) is 5.48. The highest BCUT2D eigenvalue weighted by molar-refractivity contribution is 5.37. The molecule has 0 aliphatic carbocycles. The second kappa shape index (κ2) is 9.52. The Morgan fingerprint density at radius 1 is 1.15 bits per heavy atom. The van der Waals surface area contributed by atoms with Crippen LogP contribution in [-0.4, -0.2) is 29.7 Å². The van der Waals surface area contributed by atoms with Crippen molar-refractivity contribution in [1.82, 2.24) is 4.90 Å². The van der Waals surface area contributed by atoms with Gasteiger partial charge in [0, 0.05) is 18.5 Å². The topological polar surface area (TPSA) is 23.5 Å². The van der Waals surface area contributed by atoms with Crippen molar-refractivity contribution in [1.29, 1.82) is 0 Å². The normalized spacial score (nSPS) is 10.4. The van der Waals surface area contributed by atoms with Crippen LogP contribution in [0.4, 0.5) is 4.39 Å². The third-order valence-electron chi connectivity index (χ3n) is 2.91. The van der Waals surface area contributed by atoms with Crippen molar-refractivity contribution in [2.45, 2.75) is 39.7 Å². The van der Waals surface area contributed by atoms with Gasteiger partial charge in [-0.15, -0.1) is 0 Å². The summed E-state index contributed by atoms with van der Waals surface area (Å²) in [6.07, 6.45) is 2.61. The van der Waals surface area contributed by atoms with E-state index in [1.807, 2.05) is 6.07 Å². The number of hydrogen-bond donors (Lipinski definition) is 1. The van der Waals surface area contributed by atoms with E-state index >= 15 is 0 Å². The number of halogens is 1. The summed E-state index contributed by atoms with van der Waals surface area (Å²) in [6, 6.07) is 4.96. The highest BCUT2D eigenvalue weighted by Gasteiger charge is 2.06. The average Bonchev–Trinajstić information content (AvgIpc) is 2.39. The summed E-state index contributed by atoms with van der Waals surface area (Å²) in [6.45, 7) is 7.15.